The Morgan fingerprint density at radius 2 is 1.53 bits per heavy atom. The van der Waals surface area contributed by atoms with Crippen LogP contribution in [-0.2, 0) is 0 Å². The van der Waals surface area contributed by atoms with E-state index in [0.717, 1.165) is 11.3 Å². The van der Waals surface area contributed by atoms with Gasteiger partial charge in [-0.2, -0.15) is 0 Å². The van der Waals surface area contributed by atoms with Gasteiger partial charge >= 0.3 is 6.03 Å². The Morgan fingerprint density at radius 1 is 0.853 bits per heavy atom. The Hall–Kier alpha value is -4.33. The van der Waals surface area contributed by atoms with E-state index < -0.39 is 0 Å². The molecule has 0 bridgehead atoms. The van der Waals surface area contributed by atoms with Gasteiger partial charge in [-0.05, 0) is 41.8 Å². The van der Waals surface area contributed by atoms with Crippen LogP contribution < -0.4 is 24.8 Å². The van der Waals surface area contributed by atoms with Gasteiger partial charge < -0.3 is 24.8 Å². The highest BCUT2D eigenvalue weighted by Crippen LogP contribution is 2.36. The van der Waals surface area contributed by atoms with Crippen LogP contribution in [0, 0.1) is 0 Å². The van der Waals surface area contributed by atoms with Gasteiger partial charge in [0.05, 0.1) is 25.1 Å². The van der Waals surface area contributed by atoms with E-state index in [1.165, 1.54) is 6.33 Å². The van der Waals surface area contributed by atoms with Crippen molar-refractivity contribution < 1.29 is 19.0 Å². The van der Waals surface area contributed by atoms with Crippen molar-refractivity contribution in [1.82, 2.24) is 9.97 Å². The fraction of sp³-hybridized carbons (Fsp3) is 0.192. The number of hydrogen-bond donors (Lipinski definition) is 2. The number of nitrogens with zero attached hydrogens (tertiary/aromatic N) is 2. The lowest BCUT2D eigenvalue weighted by Gasteiger charge is -2.13. The second kappa shape index (κ2) is 10.1. The molecule has 0 aliphatic rings. The normalized spacial score (nSPS) is 10.7. The second-order valence-electron chi connectivity index (χ2n) is 7.89. The number of amides is 2. The fourth-order valence-electron chi connectivity index (χ4n) is 3.46. The highest BCUT2D eigenvalue weighted by atomic mass is 16.5. The summed E-state index contributed by atoms with van der Waals surface area (Å²) in [5.41, 5.74) is 3.11. The number of hydrogen-bond acceptors (Lipinski definition) is 6. The van der Waals surface area contributed by atoms with E-state index in [0.29, 0.717) is 45.6 Å². The molecule has 174 valence electrons. The number of urea groups is 1. The summed E-state index contributed by atoms with van der Waals surface area (Å²) >= 11 is 0. The minimum atomic E-state index is -0.345. The lowest BCUT2D eigenvalue weighted by atomic mass is 10.0. The summed E-state index contributed by atoms with van der Waals surface area (Å²) in [6.45, 7) is 4.22. The van der Waals surface area contributed by atoms with Crippen LogP contribution in [0.15, 0.2) is 67.0 Å². The molecule has 1 aromatic heterocycles. The predicted octanol–water partition coefficient (Wildman–Crippen LogP) is 6.21. The van der Waals surface area contributed by atoms with Gasteiger partial charge in [0.1, 0.15) is 12.1 Å². The first-order valence-corrected chi connectivity index (χ1v) is 10.8. The molecule has 0 saturated heterocycles. The van der Waals surface area contributed by atoms with E-state index in [9.17, 15) is 4.79 Å². The molecule has 0 spiro atoms. The van der Waals surface area contributed by atoms with Crippen LogP contribution >= 0.6 is 0 Å². The van der Waals surface area contributed by atoms with Crippen LogP contribution in [0.2, 0.25) is 0 Å². The molecular weight excluding hydrogens is 432 g/mol. The fourth-order valence-corrected chi connectivity index (χ4v) is 3.46. The molecule has 2 amide bonds. The van der Waals surface area contributed by atoms with Gasteiger partial charge in [-0.15, -0.1) is 0 Å². The van der Waals surface area contributed by atoms with E-state index in [4.69, 9.17) is 14.2 Å². The quantitative estimate of drug-likeness (QED) is 0.342. The van der Waals surface area contributed by atoms with Crippen LogP contribution in [0.4, 0.5) is 16.2 Å². The monoisotopic (exact) mass is 458 g/mol. The summed E-state index contributed by atoms with van der Waals surface area (Å²) < 4.78 is 16.8. The Balaban J connectivity index is 1.51. The van der Waals surface area contributed by atoms with Crippen LogP contribution in [-0.4, -0.2) is 30.2 Å². The molecule has 8 heteroatoms. The zero-order chi connectivity index (χ0) is 24.1. The highest BCUT2D eigenvalue weighted by Gasteiger charge is 2.13. The summed E-state index contributed by atoms with van der Waals surface area (Å²) in [7, 11) is 3.13. The summed E-state index contributed by atoms with van der Waals surface area (Å²) in [5.74, 6) is 2.35. The largest absolute Gasteiger partial charge is 0.493 e. The number of nitrogens with one attached hydrogen (secondary N) is 2. The topological polar surface area (TPSA) is 94.6 Å². The maximum absolute atomic E-state index is 12.5. The lowest BCUT2D eigenvalue weighted by molar-refractivity contribution is 0.262. The van der Waals surface area contributed by atoms with E-state index >= 15 is 0 Å². The third-order valence-electron chi connectivity index (χ3n) is 5.22. The zero-order valence-corrected chi connectivity index (χ0v) is 19.5. The van der Waals surface area contributed by atoms with Crippen LogP contribution in [0.25, 0.3) is 10.9 Å². The van der Waals surface area contributed by atoms with Crippen molar-refractivity contribution in [2.24, 2.45) is 0 Å². The molecule has 2 N–H and O–H groups in total. The molecular formula is C26H26N4O4. The van der Waals surface area contributed by atoms with Crippen molar-refractivity contribution in [1.29, 1.82) is 0 Å². The summed E-state index contributed by atoms with van der Waals surface area (Å²) in [4.78, 5) is 21.1. The van der Waals surface area contributed by atoms with Crippen molar-refractivity contribution in [3.63, 3.8) is 0 Å². The standard InChI is InChI=1S/C26H26N4O4/c1-16(2)17-7-5-8-18(11-17)29-26(31)30-19-9-6-10-20(12-19)34-25-21-13-23(32-3)24(33-4)14-22(21)27-15-28-25/h5-16H,1-4H3,(H2,29,30,31). The van der Waals surface area contributed by atoms with Crippen molar-refractivity contribution in [3.8, 4) is 23.1 Å². The van der Waals surface area contributed by atoms with Gasteiger partial charge in [0.2, 0.25) is 5.88 Å². The van der Waals surface area contributed by atoms with Crippen LogP contribution in [0.1, 0.15) is 25.3 Å². The second-order valence-corrected chi connectivity index (χ2v) is 7.89. The van der Waals surface area contributed by atoms with Gasteiger partial charge in [-0.25, -0.2) is 14.8 Å². The zero-order valence-electron chi connectivity index (χ0n) is 19.5. The number of anilines is 2. The molecule has 34 heavy (non-hydrogen) atoms. The maximum Gasteiger partial charge on any atom is 0.323 e. The average molecular weight is 459 g/mol. The van der Waals surface area contributed by atoms with Gasteiger partial charge in [-0.1, -0.05) is 32.0 Å². The first-order chi connectivity index (χ1) is 16.5. The third kappa shape index (κ3) is 5.17. The van der Waals surface area contributed by atoms with Gasteiger partial charge in [0.15, 0.2) is 11.5 Å². The lowest BCUT2D eigenvalue weighted by Crippen LogP contribution is -2.19. The Kier molecular flexibility index (Phi) is 6.77. The van der Waals surface area contributed by atoms with Gasteiger partial charge in [0.25, 0.3) is 0 Å². The minimum Gasteiger partial charge on any atom is -0.493 e. The molecule has 4 rings (SSSR count). The highest BCUT2D eigenvalue weighted by molar-refractivity contribution is 5.99. The smallest absolute Gasteiger partial charge is 0.323 e. The van der Waals surface area contributed by atoms with Crippen LogP contribution in [0.3, 0.4) is 0 Å². The molecule has 0 unspecified atom stereocenters. The number of methoxy groups -OCH3 is 2. The average Bonchev–Trinajstić information content (AvgIpc) is 2.83. The number of rotatable bonds is 7. The molecule has 0 atom stereocenters. The predicted molar refractivity (Wildman–Crippen MR) is 132 cm³/mol. The number of benzene rings is 3. The summed E-state index contributed by atoms with van der Waals surface area (Å²) in [6.07, 6.45) is 1.42. The van der Waals surface area contributed by atoms with Crippen molar-refractivity contribution in [2.45, 2.75) is 19.8 Å². The molecule has 0 radical (unpaired) electrons. The number of aromatic nitrogens is 2. The molecule has 3 aromatic carbocycles. The Bertz CT molecular complexity index is 1320. The molecule has 1 heterocycles. The Morgan fingerprint density at radius 3 is 2.24 bits per heavy atom. The van der Waals surface area contributed by atoms with E-state index in [1.54, 1.807) is 50.6 Å². The first kappa shape index (κ1) is 22.8. The number of carbonyl (C=O) groups excluding carboxylic acids is 1. The molecule has 0 aliphatic carbocycles. The summed E-state index contributed by atoms with van der Waals surface area (Å²) in [6, 6.07) is 18.0. The maximum atomic E-state index is 12.5. The van der Waals surface area contributed by atoms with Crippen LogP contribution in [0.5, 0.6) is 23.1 Å². The van der Waals surface area contributed by atoms with Crippen molar-refractivity contribution in [3.05, 3.63) is 72.6 Å². The van der Waals surface area contributed by atoms with Crippen molar-refractivity contribution >= 4 is 28.3 Å². The van der Waals surface area contributed by atoms with E-state index in [1.807, 2.05) is 24.3 Å². The SMILES string of the molecule is COc1cc2ncnc(Oc3cccc(NC(=O)Nc4cccc(C(C)C)c4)c3)c2cc1OC. The Labute approximate surface area is 197 Å². The number of fused-ring (bicyclic) bond motifs is 1. The first-order valence-electron chi connectivity index (χ1n) is 10.8. The van der Waals surface area contributed by atoms with Gasteiger partial charge in [-0.3, -0.25) is 0 Å². The van der Waals surface area contributed by atoms with Gasteiger partial charge in [0, 0.05) is 23.5 Å². The van der Waals surface area contributed by atoms with E-state index in [-0.39, 0.29) is 6.03 Å². The third-order valence-corrected chi connectivity index (χ3v) is 5.22. The molecule has 4 aromatic rings. The molecule has 0 saturated carbocycles. The molecule has 8 nitrogen and oxygen atoms in total. The summed E-state index contributed by atoms with van der Waals surface area (Å²) in [5, 5.41) is 6.37. The molecule has 0 fully saturated rings. The van der Waals surface area contributed by atoms with E-state index in [2.05, 4.69) is 34.4 Å². The molecule has 0 aliphatic heterocycles. The van der Waals surface area contributed by atoms with Crippen molar-refractivity contribution in [2.75, 3.05) is 24.9 Å². The number of ether oxygens (including phenoxy) is 3. The number of carbonyl (C=O) groups is 1. The minimum absolute atomic E-state index is 0.345.